The van der Waals surface area contributed by atoms with E-state index >= 15 is 0 Å². The molecule has 1 N–H and O–H groups in total. The van der Waals surface area contributed by atoms with E-state index in [1.165, 1.54) is 31.4 Å². The van der Waals surface area contributed by atoms with Crippen LogP contribution in [0.15, 0.2) is 10.9 Å². The number of nitrogens with zero attached hydrogens (tertiary/aromatic N) is 3. The predicted octanol–water partition coefficient (Wildman–Crippen LogP) is 2.94. The highest BCUT2D eigenvalue weighted by Gasteiger charge is 2.32. The van der Waals surface area contributed by atoms with Crippen LogP contribution in [-0.2, 0) is 6.54 Å². The predicted molar refractivity (Wildman–Crippen MR) is 96.0 cm³/mol. The summed E-state index contributed by atoms with van der Waals surface area (Å²) in [4.78, 5) is 21.6. The first kappa shape index (κ1) is 16.3. The molecule has 1 aromatic rings. The van der Waals surface area contributed by atoms with Crippen LogP contribution in [0.1, 0.15) is 44.2 Å². The molecule has 24 heavy (non-hydrogen) atoms. The first-order chi connectivity index (χ1) is 11.8. The second-order valence-corrected chi connectivity index (χ2v) is 8.49. The van der Waals surface area contributed by atoms with E-state index in [0.29, 0.717) is 6.04 Å². The molecule has 2 saturated carbocycles. The van der Waals surface area contributed by atoms with Crippen LogP contribution in [0.25, 0.3) is 0 Å². The van der Waals surface area contributed by atoms with Crippen molar-refractivity contribution in [1.29, 1.82) is 0 Å². The Kier molecular flexibility index (Phi) is 5.03. The number of aromatic nitrogens is 1. The summed E-state index contributed by atoms with van der Waals surface area (Å²) in [5.41, 5.74) is 3.07. The number of hydrogen-bond donors (Lipinski definition) is 1. The maximum atomic E-state index is 12.7. The molecule has 0 bridgehead atoms. The van der Waals surface area contributed by atoms with E-state index in [9.17, 15) is 4.79 Å². The van der Waals surface area contributed by atoms with Crippen LogP contribution in [0.4, 0.5) is 4.79 Å². The molecule has 132 valence electrons. The van der Waals surface area contributed by atoms with Gasteiger partial charge in [0.2, 0.25) is 0 Å². The highest BCUT2D eigenvalue weighted by molar-refractivity contribution is 7.07. The number of thiazole rings is 1. The molecule has 0 spiro atoms. The zero-order chi connectivity index (χ0) is 16.4. The van der Waals surface area contributed by atoms with Crippen LogP contribution in [-0.4, -0.2) is 53.0 Å². The fourth-order valence-electron chi connectivity index (χ4n) is 3.51. The minimum absolute atomic E-state index is 0.187. The molecule has 1 saturated heterocycles. The van der Waals surface area contributed by atoms with E-state index in [0.717, 1.165) is 57.4 Å². The maximum Gasteiger partial charge on any atom is 0.317 e. The van der Waals surface area contributed by atoms with Gasteiger partial charge in [0.05, 0.1) is 11.2 Å². The molecular formula is C18H28N4OS. The lowest BCUT2D eigenvalue weighted by molar-refractivity contribution is 0.165. The van der Waals surface area contributed by atoms with Crippen molar-refractivity contribution in [2.75, 3.05) is 26.2 Å². The van der Waals surface area contributed by atoms with Crippen LogP contribution in [0.2, 0.25) is 0 Å². The Morgan fingerprint density at radius 3 is 2.38 bits per heavy atom. The zero-order valence-electron chi connectivity index (χ0n) is 14.3. The van der Waals surface area contributed by atoms with Gasteiger partial charge in [0.1, 0.15) is 0 Å². The molecular weight excluding hydrogens is 320 g/mol. The topological polar surface area (TPSA) is 48.5 Å². The number of nitrogens with one attached hydrogen (secondary N) is 1. The first-order valence-electron chi connectivity index (χ1n) is 9.41. The zero-order valence-corrected chi connectivity index (χ0v) is 15.1. The molecule has 1 aromatic heterocycles. The average Bonchev–Trinajstić information content (AvgIpc) is 3.51. The summed E-state index contributed by atoms with van der Waals surface area (Å²) >= 11 is 1.66. The normalized spacial score (nSPS) is 22.5. The number of piperidine rings is 1. The molecule has 4 rings (SSSR count). The smallest absolute Gasteiger partial charge is 0.317 e. The van der Waals surface area contributed by atoms with Gasteiger partial charge in [-0.1, -0.05) is 0 Å². The molecule has 6 heteroatoms. The highest BCUT2D eigenvalue weighted by Crippen LogP contribution is 2.33. The number of carbonyl (C=O) groups is 1. The first-order valence-corrected chi connectivity index (χ1v) is 10.4. The van der Waals surface area contributed by atoms with Crippen molar-refractivity contribution < 1.29 is 4.79 Å². The van der Waals surface area contributed by atoms with Crippen LogP contribution < -0.4 is 5.32 Å². The van der Waals surface area contributed by atoms with Crippen molar-refractivity contribution in [1.82, 2.24) is 20.1 Å². The Hall–Kier alpha value is -1.14. The Morgan fingerprint density at radius 2 is 1.83 bits per heavy atom. The fraction of sp³-hybridized carbons (Fsp3) is 0.778. The summed E-state index contributed by atoms with van der Waals surface area (Å²) in [6.07, 6.45) is 7.34. The minimum atomic E-state index is 0.187. The van der Waals surface area contributed by atoms with Crippen molar-refractivity contribution in [3.63, 3.8) is 0 Å². The quantitative estimate of drug-likeness (QED) is 0.824. The highest BCUT2D eigenvalue weighted by atomic mass is 32.1. The van der Waals surface area contributed by atoms with Crippen molar-refractivity contribution in [2.45, 2.75) is 51.1 Å². The van der Waals surface area contributed by atoms with Crippen molar-refractivity contribution in [3.8, 4) is 0 Å². The van der Waals surface area contributed by atoms with Crippen LogP contribution in [0.5, 0.6) is 0 Å². The van der Waals surface area contributed by atoms with E-state index < -0.39 is 0 Å². The monoisotopic (exact) mass is 348 g/mol. The summed E-state index contributed by atoms with van der Waals surface area (Å²) in [5.74, 6) is 1.55. The third-order valence-corrected chi connectivity index (χ3v) is 6.06. The number of carbonyl (C=O) groups excluding carboxylic acids is 1. The summed E-state index contributed by atoms with van der Waals surface area (Å²) in [7, 11) is 0. The van der Waals surface area contributed by atoms with E-state index in [2.05, 4.69) is 25.5 Å². The Bertz CT molecular complexity index is 519. The van der Waals surface area contributed by atoms with Crippen molar-refractivity contribution in [2.24, 2.45) is 11.8 Å². The Balaban J connectivity index is 1.22. The molecule has 3 fully saturated rings. The molecule has 0 aromatic carbocycles. The van der Waals surface area contributed by atoms with E-state index in [1.807, 2.05) is 5.51 Å². The second kappa shape index (κ2) is 7.40. The number of urea groups is 1. The Morgan fingerprint density at radius 1 is 1.17 bits per heavy atom. The molecule has 2 aliphatic carbocycles. The van der Waals surface area contributed by atoms with E-state index in [-0.39, 0.29) is 6.03 Å². The summed E-state index contributed by atoms with van der Waals surface area (Å²) in [6, 6.07) is 0.525. The molecule has 0 radical (unpaired) electrons. The lowest BCUT2D eigenvalue weighted by Gasteiger charge is -2.33. The number of hydrogen-bond acceptors (Lipinski definition) is 4. The standard InChI is InChI=1S/C18H28N4OS/c23-18(22(9-14-1-2-14)10-15-3-4-15)20-16-5-7-21(8-6-16)11-17-12-24-13-19-17/h12-16H,1-11H2,(H,20,23). The van der Waals surface area contributed by atoms with Gasteiger partial charge < -0.3 is 10.2 Å². The van der Waals surface area contributed by atoms with E-state index in [4.69, 9.17) is 0 Å². The van der Waals surface area contributed by atoms with Crippen molar-refractivity contribution in [3.05, 3.63) is 16.6 Å². The van der Waals surface area contributed by atoms with Crippen LogP contribution in [0, 0.1) is 11.8 Å². The van der Waals surface area contributed by atoms with Crippen molar-refractivity contribution >= 4 is 17.4 Å². The second-order valence-electron chi connectivity index (χ2n) is 7.77. The summed E-state index contributed by atoms with van der Waals surface area (Å²) in [5, 5.41) is 5.44. The third-order valence-electron chi connectivity index (χ3n) is 5.42. The lowest BCUT2D eigenvalue weighted by Crippen LogP contribution is -2.50. The number of rotatable bonds is 7. The maximum absolute atomic E-state index is 12.7. The summed E-state index contributed by atoms with van der Waals surface area (Å²) < 4.78 is 0. The largest absolute Gasteiger partial charge is 0.335 e. The average molecular weight is 349 g/mol. The Labute approximate surface area is 148 Å². The number of amides is 2. The lowest BCUT2D eigenvalue weighted by atomic mass is 10.1. The third kappa shape index (κ3) is 4.70. The summed E-state index contributed by atoms with van der Waals surface area (Å²) in [6.45, 7) is 5.00. The van der Waals surface area contributed by atoms with Gasteiger partial charge in [-0.25, -0.2) is 9.78 Å². The SMILES string of the molecule is O=C(NC1CCN(Cc2cscn2)CC1)N(CC1CC1)CC1CC1. The number of likely N-dealkylation sites (tertiary alicyclic amines) is 1. The van der Waals surface area contributed by atoms with Gasteiger partial charge in [0.15, 0.2) is 0 Å². The fourth-order valence-corrected chi connectivity index (χ4v) is 4.06. The van der Waals surface area contributed by atoms with Gasteiger partial charge in [-0.2, -0.15) is 0 Å². The molecule has 3 aliphatic rings. The van der Waals surface area contributed by atoms with Gasteiger partial charge >= 0.3 is 6.03 Å². The molecule has 1 aliphatic heterocycles. The molecule has 2 heterocycles. The van der Waals surface area contributed by atoms with Gasteiger partial charge in [-0.3, -0.25) is 4.90 Å². The van der Waals surface area contributed by atoms with Crippen LogP contribution in [0.3, 0.4) is 0 Å². The van der Waals surface area contributed by atoms with Gasteiger partial charge in [0, 0.05) is 44.1 Å². The molecule has 5 nitrogen and oxygen atoms in total. The molecule has 0 unspecified atom stereocenters. The van der Waals surface area contributed by atoms with Gasteiger partial charge in [-0.05, 0) is 50.4 Å². The van der Waals surface area contributed by atoms with Gasteiger partial charge in [-0.15, -0.1) is 11.3 Å². The molecule has 2 amide bonds. The van der Waals surface area contributed by atoms with Crippen LogP contribution >= 0.6 is 11.3 Å². The molecule has 0 atom stereocenters. The minimum Gasteiger partial charge on any atom is -0.335 e. The van der Waals surface area contributed by atoms with Gasteiger partial charge in [0.25, 0.3) is 0 Å². The van der Waals surface area contributed by atoms with E-state index in [1.54, 1.807) is 11.3 Å².